The summed E-state index contributed by atoms with van der Waals surface area (Å²) in [6.07, 6.45) is 2.86. The Morgan fingerprint density at radius 3 is 2.50 bits per heavy atom. The van der Waals surface area contributed by atoms with Crippen LogP contribution in [0.15, 0.2) is 57.8 Å². The van der Waals surface area contributed by atoms with Crippen LogP contribution in [0.4, 0.5) is 0 Å². The summed E-state index contributed by atoms with van der Waals surface area (Å²) >= 11 is 0. The largest absolute Gasteiger partial charge is 0.496 e. The average Bonchev–Trinajstić information content (AvgIpc) is 3.24. The first-order valence-corrected chi connectivity index (χ1v) is 10.6. The van der Waals surface area contributed by atoms with Gasteiger partial charge in [0, 0.05) is 18.7 Å². The lowest BCUT2D eigenvalue weighted by molar-refractivity contribution is 0.346. The van der Waals surface area contributed by atoms with Crippen molar-refractivity contribution < 1.29 is 17.6 Å². The van der Waals surface area contributed by atoms with Crippen LogP contribution in [-0.2, 0) is 10.0 Å². The number of hydrogen-bond acceptors (Lipinski definition) is 6. The van der Waals surface area contributed by atoms with Gasteiger partial charge in [-0.15, -0.1) is 10.2 Å². The molecule has 0 spiro atoms. The second-order valence-corrected chi connectivity index (χ2v) is 8.54. The van der Waals surface area contributed by atoms with Gasteiger partial charge < -0.3 is 9.15 Å². The molecule has 8 heteroatoms. The summed E-state index contributed by atoms with van der Waals surface area (Å²) < 4.78 is 38.5. The van der Waals surface area contributed by atoms with E-state index in [1.165, 1.54) is 0 Å². The van der Waals surface area contributed by atoms with E-state index in [1.807, 2.05) is 24.3 Å². The summed E-state index contributed by atoms with van der Waals surface area (Å²) in [5.74, 6) is 1.20. The van der Waals surface area contributed by atoms with Gasteiger partial charge in [0.1, 0.15) is 5.75 Å². The Morgan fingerprint density at radius 1 is 0.964 bits per heavy atom. The van der Waals surface area contributed by atoms with E-state index < -0.39 is 10.0 Å². The minimum atomic E-state index is -3.53. The predicted molar refractivity (Wildman–Crippen MR) is 104 cm³/mol. The first-order valence-electron chi connectivity index (χ1n) is 9.17. The van der Waals surface area contributed by atoms with E-state index in [0.29, 0.717) is 35.9 Å². The molecule has 0 amide bonds. The van der Waals surface area contributed by atoms with Crippen LogP contribution in [-0.4, -0.2) is 43.1 Å². The van der Waals surface area contributed by atoms with Gasteiger partial charge in [0.05, 0.1) is 17.6 Å². The maximum absolute atomic E-state index is 12.9. The maximum atomic E-state index is 12.9. The molecule has 28 heavy (non-hydrogen) atoms. The Morgan fingerprint density at radius 2 is 1.71 bits per heavy atom. The molecule has 4 rings (SSSR count). The van der Waals surface area contributed by atoms with Crippen molar-refractivity contribution in [1.29, 1.82) is 0 Å². The van der Waals surface area contributed by atoms with Crippen LogP contribution in [0, 0.1) is 0 Å². The molecule has 0 atom stereocenters. The molecule has 1 aromatic heterocycles. The third-order valence-electron chi connectivity index (χ3n) is 4.80. The van der Waals surface area contributed by atoms with Crippen molar-refractivity contribution in [3.63, 3.8) is 0 Å². The number of benzene rings is 2. The number of aromatic nitrogens is 2. The zero-order valence-corrected chi connectivity index (χ0v) is 16.4. The third kappa shape index (κ3) is 3.53. The van der Waals surface area contributed by atoms with Gasteiger partial charge in [-0.3, -0.25) is 0 Å². The van der Waals surface area contributed by atoms with Gasteiger partial charge >= 0.3 is 0 Å². The highest BCUT2D eigenvalue weighted by molar-refractivity contribution is 7.89. The summed E-state index contributed by atoms with van der Waals surface area (Å²) in [4.78, 5) is 0.240. The number of hydrogen-bond donors (Lipinski definition) is 0. The van der Waals surface area contributed by atoms with Gasteiger partial charge in [-0.05, 0) is 43.2 Å². The Kier molecular flexibility index (Phi) is 5.15. The van der Waals surface area contributed by atoms with Crippen LogP contribution < -0.4 is 4.74 Å². The average molecular weight is 399 g/mol. The molecule has 1 aliphatic heterocycles. The highest BCUT2D eigenvalue weighted by Gasteiger charge is 2.26. The third-order valence-corrected chi connectivity index (χ3v) is 6.69. The fourth-order valence-corrected chi connectivity index (χ4v) is 4.88. The van der Waals surface area contributed by atoms with Gasteiger partial charge in [-0.2, -0.15) is 4.31 Å². The lowest BCUT2D eigenvalue weighted by Gasteiger charge is -2.25. The molecule has 0 bridgehead atoms. The molecule has 2 aromatic carbocycles. The van der Waals surface area contributed by atoms with E-state index in [0.717, 1.165) is 19.3 Å². The van der Waals surface area contributed by atoms with Crippen molar-refractivity contribution in [2.75, 3.05) is 20.2 Å². The monoisotopic (exact) mass is 399 g/mol. The predicted octanol–water partition coefficient (Wildman–Crippen LogP) is 3.59. The lowest BCUT2D eigenvalue weighted by Crippen LogP contribution is -2.35. The second-order valence-electron chi connectivity index (χ2n) is 6.61. The minimum absolute atomic E-state index is 0.240. The van der Waals surface area contributed by atoms with Crippen molar-refractivity contribution >= 4 is 10.0 Å². The fraction of sp³-hybridized carbons (Fsp3) is 0.300. The highest BCUT2D eigenvalue weighted by atomic mass is 32.2. The number of methoxy groups -OCH3 is 1. The quantitative estimate of drug-likeness (QED) is 0.652. The lowest BCUT2D eigenvalue weighted by atomic mass is 10.2. The molecule has 3 aromatic rings. The number of nitrogens with zero attached hydrogens (tertiary/aromatic N) is 3. The SMILES string of the molecule is COc1ccccc1-c1nnc(-c2cccc(S(=O)(=O)N3CCCCC3)c2)o1. The van der Waals surface area contributed by atoms with E-state index in [9.17, 15) is 8.42 Å². The zero-order chi connectivity index (χ0) is 19.6. The van der Waals surface area contributed by atoms with Crippen LogP contribution in [0.25, 0.3) is 22.9 Å². The molecule has 0 unspecified atom stereocenters. The minimum Gasteiger partial charge on any atom is -0.496 e. The van der Waals surface area contributed by atoms with E-state index in [2.05, 4.69) is 10.2 Å². The number of sulfonamides is 1. The molecule has 0 aliphatic carbocycles. The molecular weight excluding hydrogens is 378 g/mol. The standard InChI is InChI=1S/C20H21N3O4S/c1-26-18-11-4-3-10-17(18)20-22-21-19(27-20)15-8-7-9-16(14-15)28(24,25)23-12-5-2-6-13-23/h3-4,7-11,14H,2,5-6,12-13H2,1H3. The smallest absolute Gasteiger partial charge is 0.251 e. The summed E-state index contributed by atoms with van der Waals surface area (Å²) in [6, 6.07) is 14.0. The number of piperidine rings is 1. The topological polar surface area (TPSA) is 85.5 Å². The number of ether oxygens (including phenoxy) is 1. The molecule has 1 saturated heterocycles. The van der Waals surface area contributed by atoms with Crippen LogP contribution in [0.1, 0.15) is 19.3 Å². The normalized spacial score (nSPS) is 15.5. The summed E-state index contributed by atoms with van der Waals surface area (Å²) in [6.45, 7) is 1.12. The second kappa shape index (κ2) is 7.73. The summed E-state index contributed by atoms with van der Waals surface area (Å²) in [5.41, 5.74) is 1.24. The fourth-order valence-electron chi connectivity index (χ4n) is 3.31. The van der Waals surface area contributed by atoms with Crippen molar-refractivity contribution in [3.05, 3.63) is 48.5 Å². The molecule has 0 N–H and O–H groups in total. The first kappa shape index (κ1) is 18.6. The maximum Gasteiger partial charge on any atom is 0.251 e. The first-order chi connectivity index (χ1) is 13.6. The molecule has 2 heterocycles. The molecule has 146 valence electrons. The molecule has 7 nitrogen and oxygen atoms in total. The number of para-hydroxylation sites is 1. The van der Waals surface area contributed by atoms with Crippen LogP contribution in [0.2, 0.25) is 0 Å². The Hall–Kier alpha value is -2.71. The van der Waals surface area contributed by atoms with Crippen LogP contribution >= 0.6 is 0 Å². The number of rotatable bonds is 5. The van der Waals surface area contributed by atoms with Crippen molar-refractivity contribution in [2.45, 2.75) is 24.2 Å². The Balaban J connectivity index is 1.66. The van der Waals surface area contributed by atoms with Gasteiger partial charge in [-0.25, -0.2) is 8.42 Å². The van der Waals surface area contributed by atoms with Crippen molar-refractivity contribution in [2.24, 2.45) is 0 Å². The van der Waals surface area contributed by atoms with Crippen molar-refractivity contribution in [3.8, 4) is 28.7 Å². The van der Waals surface area contributed by atoms with E-state index >= 15 is 0 Å². The van der Waals surface area contributed by atoms with Gasteiger partial charge in [0.15, 0.2) is 0 Å². The van der Waals surface area contributed by atoms with Gasteiger partial charge in [0.25, 0.3) is 5.89 Å². The summed E-state index contributed by atoms with van der Waals surface area (Å²) in [7, 11) is -1.95. The van der Waals surface area contributed by atoms with Gasteiger partial charge in [-0.1, -0.05) is 24.6 Å². The van der Waals surface area contributed by atoms with E-state index in [4.69, 9.17) is 9.15 Å². The molecule has 1 fully saturated rings. The Bertz CT molecular complexity index is 1070. The molecular formula is C20H21N3O4S. The van der Waals surface area contributed by atoms with Crippen molar-refractivity contribution in [1.82, 2.24) is 14.5 Å². The van der Waals surface area contributed by atoms with Crippen LogP contribution in [0.5, 0.6) is 5.75 Å². The van der Waals surface area contributed by atoms with E-state index in [-0.39, 0.29) is 10.8 Å². The highest BCUT2D eigenvalue weighted by Crippen LogP contribution is 2.31. The molecule has 1 aliphatic rings. The van der Waals surface area contributed by atoms with Gasteiger partial charge in [0.2, 0.25) is 15.9 Å². The van der Waals surface area contributed by atoms with E-state index in [1.54, 1.807) is 35.7 Å². The Labute approximate surface area is 164 Å². The molecule has 0 saturated carbocycles. The van der Waals surface area contributed by atoms with Crippen LogP contribution in [0.3, 0.4) is 0 Å². The molecule has 0 radical (unpaired) electrons. The summed E-state index contributed by atoms with van der Waals surface area (Å²) in [5, 5.41) is 8.19. The zero-order valence-electron chi connectivity index (χ0n) is 15.5.